The molecule has 0 aromatic heterocycles. The van der Waals surface area contributed by atoms with Crippen LogP contribution in [0.15, 0.2) is 0 Å². The lowest BCUT2D eigenvalue weighted by molar-refractivity contribution is -0.139. The number of aliphatic carboxylic acids is 1. The summed E-state index contributed by atoms with van der Waals surface area (Å²) in [5, 5.41) is 13.9. The fourth-order valence-electron chi connectivity index (χ4n) is 1.99. The van der Waals surface area contributed by atoms with Crippen molar-refractivity contribution in [1.82, 2.24) is 10.6 Å². The first-order valence-electron chi connectivity index (χ1n) is 7.82. The predicted octanol–water partition coefficient (Wildman–Crippen LogP) is 2.90. The summed E-state index contributed by atoms with van der Waals surface area (Å²) >= 11 is 0. The van der Waals surface area contributed by atoms with E-state index in [1.165, 1.54) is 38.5 Å². The topological polar surface area (TPSA) is 78.4 Å². The minimum absolute atomic E-state index is 0.0134. The Balaban J connectivity index is 3.53. The highest BCUT2D eigenvalue weighted by atomic mass is 16.4. The van der Waals surface area contributed by atoms with E-state index >= 15 is 0 Å². The maximum Gasteiger partial charge on any atom is 0.327 e. The molecule has 0 radical (unpaired) electrons. The van der Waals surface area contributed by atoms with Crippen molar-refractivity contribution in [3.63, 3.8) is 0 Å². The largest absolute Gasteiger partial charge is 0.480 e. The van der Waals surface area contributed by atoms with Crippen molar-refractivity contribution in [2.45, 2.75) is 70.8 Å². The van der Waals surface area contributed by atoms with E-state index < -0.39 is 18.0 Å². The minimum atomic E-state index is -1.12. The maximum atomic E-state index is 11.5. The molecule has 0 heterocycles. The van der Waals surface area contributed by atoms with Gasteiger partial charge in [-0.25, -0.2) is 9.59 Å². The summed E-state index contributed by atoms with van der Waals surface area (Å²) in [5.41, 5.74) is 0. The summed E-state index contributed by atoms with van der Waals surface area (Å²) in [5.74, 6) is 1.12. The fourth-order valence-corrected chi connectivity index (χ4v) is 1.99. The highest BCUT2D eigenvalue weighted by Crippen LogP contribution is 2.07. The zero-order valence-electron chi connectivity index (χ0n) is 13.0. The molecule has 1 unspecified atom stereocenters. The van der Waals surface area contributed by atoms with Crippen LogP contribution in [0, 0.1) is 12.3 Å². The van der Waals surface area contributed by atoms with Crippen LogP contribution in [-0.4, -0.2) is 29.7 Å². The van der Waals surface area contributed by atoms with Crippen molar-refractivity contribution in [2.24, 2.45) is 0 Å². The molecule has 0 aliphatic rings. The van der Waals surface area contributed by atoms with Gasteiger partial charge in [-0.1, -0.05) is 51.9 Å². The second-order valence-corrected chi connectivity index (χ2v) is 5.17. The second kappa shape index (κ2) is 13.3. The van der Waals surface area contributed by atoms with Gasteiger partial charge >= 0.3 is 12.0 Å². The van der Waals surface area contributed by atoms with Crippen LogP contribution in [0.3, 0.4) is 0 Å². The molecule has 5 nitrogen and oxygen atoms in total. The van der Waals surface area contributed by atoms with Crippen molar-refractivity contribution >= 4 is 12.0 Å². The molecule has 120 valence electrons. The van der Waals surface area contributed by atoms with Gasteiger partial charge in [0.1, 0.15) is 6.04 Å². The molecule has 0 aliphatic carbocycles. The second-order valence-electron chi connectivity index (χ2n) is 5.17. The number of nitrogens with one attached hydrogen (secondary N) is 2. The number of hydrogen-bond acceptors (Lipinski definition) is 2. The van der Waals surface area contributed by atoms with Gasteiger partial charge < -0.3 is 15.7 Å². The lowest BCUT2D eigenvalue weighted by atomic mass is 10.1. The number of rotatable bonds is 12. The number of terminal acetylenes is 1. The van der Waals surface area contributed by atoms with Crippen molar-refractivity contribution in [3.05, 3.63) is 0 Å². The minimum Gasteiger partial charge on any atom is -0.480 e. The van der Waals surface area contributed by atoms with Gasteiger partial charge in [0.2, 0.25) is 0 Å². The van der Waals surface area contributed by atoms with E-state index in [2.05, 4.69) is 23.5 Å². The third-order valence-corrected chi connectivity index (χ3v) is 3.24. The van der Waals surface area contributed by atoms with Crippen LogP contribution in [0.2, 0.25) is 0 Å². The smallest absolute Gasteiger partial charge is 0.327 e. The van der Waals surface area contributed by atoms with Crippen molar-refractivity contribution in [1.29, 1.82) is 0 Å². The summed E-state index contributed by atoms with van der Waals surface area (Å²) in [6.45, 7) is 2.76. The molecule has 0 aromatic rings. The number of carboxylic acid groups (broad SMARTS) is 1. The molecule has 2 amide bonds. The molecule has 1 atom stereocenters. The van der Waals surface area contributed by atoms with Crippen molar-refractivity contribution < 1.29 is 14.7 Å². The number of carbonyl (C=O) groups excluding carboxylic acids is 1. The summed E-state index contributed by atoms with van der Waals surface area (Å²) in [4.78, 5) is 22.3. The predicted molar refractivity (Wildman–Crippen MR) is 84.0 cm³/mol. The average Bonchev–Trinajstić information content (AvgIpc) is 2.45. The van der Waals surface area contributed by atoms with Gasteiger partial charge in [0.25, 0.3) is 0 Å². The van der Waals surface area contributed by atoms with E-state index in [0.29, 0.717) is 6.54 Å². The molecule has 0 aromatic carbocycles. The van der Waals surface area contributed by atoms with E-state index in [1.54, 1.807) is 0 Å². The average molecular weight is 296 g/mol. The van der Waals surface area contributed by atoms with Crippen LogP contribution < -0.4 is 10.6 Å². The van der Waals surface area contributed by atoms with Crippen LogP contribution >= 0.6 is 0 Å². The summed E-state index contributed by atoms with van der Waals surface area (Å²) in [6, 6.07) is -1.49. The molecule has 21 heavy (non-hydrogen) atoms. The molecule has 0 bridgehead atoms. The molecule has 0 rings (SSSR count). The van der Waals surface area contributed by atoms with Crippen molar-refractivity contribution in [2.75, 3.05) is 6.54 Å². The van der Waals surface area contributed by atoms with E-state index in [9.17, 15) is 9.59 Å². The van der Waals surface area contributed by atoms with Gasteiger partial charge in [0, 0.05) is 13.0 Å². The normalized spacial score (nSPS) is 11.4. The standard InChI is InChI=1S/C16H28N2O3/c1-3-5-6-7-8-9-10-11-13-17-16(21)18-14(12-4-2)15(19)20/h2,14H,3,5-13H2,1H3,(H,19,20)(H2,17,18,21). The lowest BCUT2D eigenvalue weighted by Gasteiger charge is -2.12. The van der Waals surface area contributed by atoms with Crippen LogP contribution in [0.4, 0.5) is 4.79 Å². The van der Waals surface area contributed by atoms with Gasteiger partial charge in [0.15, 0.2) is 0 Å². The first kappa shape index (κ1) is 19.3. The third-order valence-electron chi connectivity index (χ3n) is 3.24. The molecular weight excluding hydrogens is 268 g/mol. The number of carbonyl (C=O) groups is 2. The first-order chi connectivity index (χ1) is 10.1. The van der Waals surface area contributed by atoms with E-state index in [0.717, 1.165) is 12.8 Å². The zero-order chi connectivity index (χ0) is 15.9. The van der Waals surface area contributed by atoms with Gasteiger partial charge in [-0.2, -0.15) is 0 Å². The highest BCUT2D eigenvalue weighted by molar-refractivity contribution is 5.82. The number of urea groups is 1. The summed E-state index contributed by atoms with van der Waals surface area (Å²) in [7, 11) is 0. The van der Waals surface area contributed by atoms with Gasteiger partial charge in [-0.05, 0) is 6.42 Å². The van der Waals surface area contributed by atoms with Crippen molar-refractivity contribution in [3.8, 4) is 12.3 Å². The van der Waals surface area contributed by atoms with E-state index in [4.69, 9.17) is 11.5 Å². The molecule has 0 saturated heterocycles. The quantitative estimate of drug-likeness (QED) is 0.383. The third kappa shape index (κ3) is 11.8. The number of unbranched alkanes of at least 4 members (excludes halogenated alkanes) is 7. The monoisotopic (exact) mass is 296 g/mol. The number of amides is 2. The molecule has 0 spiro atoms. The molecule has 3 N–H and O–H groups in total. The molecule has 0 saturated carbocycles. The Morgan fingerprint density at radius 1 is 1.10 bits per heavy atom. The SMILES string of the molecule is C#CCC(NC(=O)NCCCCCCCCCC)C(=O)O. The van der Waals surface area contributed by atoms with E-state index in [-0.39, 0.29) is 6.42 Å². The first-order valence-corrected chi connectivity index (χ1v) is 7.82. The van der Waals surface area contributed by atoms with Crippen LogP contribution in [0.5, 0.6) is 0 Å². The lowest BCUT2D eigenvalue weighted by Crippen LogP contribution is -2.46. The Kier molecular flexibility index (Phi) is 12.2. The Morgan fingerprint density at radius 2 is 1.67 bits per heavy atom. The van der Waals surface area contributed by atoms with Crippen LogP contribution in [0.25, 0.3) is 0 Å². The van der Waals surface area contributed by atoms with Crippen LogP contribution in [-0.2, 0) is 4.79 Å². The van der Waals surface area contributed by atoms with Crippen LogP contribution in [0.1, 0.15) is 64.7 Å². The Hall–Kier alpha value is -1.70. The summed E-state index contributed by atoms with van der Waals surface area (Å²) in [6.07, 6.45) is 14.6. The summed E-state index contributed by atoms with van der Waals surface area (Å²) < 4.78 is 0. The number of carboxylic acids is 1. The zero-order valence-corrected chi connectivity index (χ0v) is 13.0. The molecule has 5 heteroatoms. The van der Waals surface area contributed by atoms with E-state index in [1.807, 2.05) is 0 Å². The number of hydrogen-bond donors (Lipinski definition) is 3. The van der Waals surface area contributed by atoms with Gasteiger partial charge in [-0.3, -0.25) is 0 Å². The Morgan fingerprint density at radius 3 is 2.19 bits per heavy atom. The fraction of sp³-hybridized carbons (Fsp3) is 0.750. The highest BCUT2D eigenvalue weighted by Gasteiger charge is 2.17. The Labute approximate surface area is 127 Å². The molecule has 0 fully saturated rings. The van der Waals surface area contributed by atoms with Gasteiger partial charge in [0.05, 0.1) is 0 Å². The molecular formula is C16H28N2O3. The van der Waals surface area contributed by atoms with Gasteiger partial charge in [-0.15, -0.1) is 12.3 Å². The Bertz CT molecular complexity index is 337. The maximum absolute atomic E-state index is 11.5. The molecule has 0 aliphatic heterocycles.